The topological polar surface area (TPSA) is 104 Å². The lowest BCUT2D eigenvalue weighted by Crippen LogP contribution is -2.44. The zero-order valence-corrected chi connectivity index (χ0v) is 12.8. The van der Waals surface area contributed by atoms with Crippen molar-refractivity contribution >= 4 is 5.69 Å². The van der Waals surface area contributed by atoms with Crippen LogP contribution in [0.15, 0.2) is 21.9 Å². The number of nitrogens with zero attached hydrogens (tertiary/aromatic N) is 3. The van der Waals surface area contributed by atoms with E-state index >= 15 is 0 Å². The Morgan fingerprint density at radius 2 is 2.13 bits per heavy atom. The predicted octanol–water partition coefficient (Wildman–Crippen LogP) is 0.0553. The van der Waals surface area contributed by atoms with Gasteiger partial charge in [0.25, 0.3) is 5.56 Å². The van der Waals surface area contributed by atoms with Crippen molar-refractivity contribution in [3.63, 3.8) is 0 Å². The molecule has 0 radical (unpaired) electrons. The molecule has 120 valence electrons. The molecule has 2 aromatic heterocycles. The van der Waals surface area contributed by atoms with Gasteiger partial charge in [0.05, 0.1) is 30.2 Å². The summed E-state index contributed by atoms with van der Waals surface area (Å²) in [6.07, 6.45) is 2.47. The molecule has 2 saturated heterocycles. The zero-order chi connectivity index (χ0) is 16.0. The van der Waals surface area contributed by atoms with E-state index in [1.807, 2.05) is 13.0 Å². The fraction of sp³-hybridized carbons (Fsp3) is 0.467. The summed E-state index contributed by atoms with van der Waals surface area (Å²) >= 11 is 0. The van der Waals surface area contributed by atoms with Crippen LogP contribution in [0.3, 0.4) is 0 Å². The van der Waals surface area contributed by atoms with Crippen LogP contribution in [0, 0.1) is 12.3 Å². The van der Waals surface area contributed by atoms with Crippen LogP contribution in [0.4, 0.5) is 5.69 Å². The molecular formula is C15H17N5O3. The summed E-state index contributed by atoms with van der Waals surface area (Å²) in [4.78, 5) is 30.0. The van der Waals surface area contributed by atoms with E-state index in [4.69, 9.17) is 4.74 Å². The van der Waals surface area contributed by atoms with Crippen molar-refractivity contribution in [3.05, 3.63) is 38.8 Å². The molecule has 0 aliphatic carbocycles. The molecule has 2 N–H and O–H groups in total. The number of hydrogen-bond donors (Lipinski definition) is 2. The van der Waals surface area contributed by atoms with Gasteiger partial charge in [-0.2, -0.15) is 5.10 Å². The summed E-state index contributed by atoms with van der Waals surface area (Å²) in [7, 11) is 0. The molecule has 2 aliphatic heterocycles. The van der Waals surface area contributed by atoms with E-state index in [1.54, 1.807) is 0 Å². The monoisotopic (exact) mass is 315 g/mol. The van der Waals surface area contributed by atoms with Gasteiger partial charge in [-0.25, -0.2) is 4.79 Å². The van der Waals surface area contributed by atoms with Crippen LogP contribution in [0.5, 0.6) is 0 Å². The Balaban J connectivity index is 1.71. The maximum atomic E-state index is 11.9. The Morgan fingerprint density at radius 1 is 1.30 bits per heavy atom. The number of ether oxygens (including phenoxy) is 1. The van der Waals surface area contributed by atoms with Gasteiger partial charge in [0, 0.05) is 24.7 Å². The summed E-state index contributed by atoms with van der Waals surface area (Å²) < 4.78 is 5.36. The molecule has 0 aromatic carbocycles. The molecule has 2 aliphatic rings. The zero-order valence-electron chi connectivity index (χ0n) is 12.8. The van der Waals surface area contributed by atoms with Crippen molar-refractivity contribution in [1.82, 2.24) is 20.2 Å². The van der Waals surface area contributed by atoms with Crippen molar-refractivity contribution in [2.45, 2.75) is 13.3 Å². The van der Waals surface area contributed by atoms with Crippen molar-refractivity contribution in [2.75, 3.05) is 31.2 Å². The van der Waals surface area contributed by atoms with E-state index in [2.05, 4.69) is 25.1 Å². The first-order valence-corrected chi connectivity index (χ1v) is 7.56. The lowest BCUT2D eigenvalue weighted by molar-refractivity contribution is -0.0985. The van der Waals surface area contributed by atoms with E-state index in [9.17, 15) is 9.59 Å². The molecule has 0 atom stereocenters. The van der Waals surface area contributed by atoms with E-state index in [0.717, 1.165) is 44.1 Å². The normalized spacial score (nSPS) is 19.1. The Bertz CT molecular complexity index is 868. The summed E-state index contributed by atoms with van der Waals surface area (Å²) in [5.74, 6) is 0. The van der Waals surface area contributed by atoms with Gasteiger partial charge in [0.15, 0.2) is 0 Å². The minimum atomic E-state index is -0.537. The van der Waals surface area contributed by atoms with Gasteiger partial charge in [-0.15, -0.1) is 5.10 Å². The minimum absolute atomic E-state index is 0.269. The quantitative estimate of drug-likeness (QED) is 0.812. The summed E-state index contributed by atoms with van der Waals surface area (Å²) in [6, 6.07) is 1.86. The first-order chi connectivity index (χ1) is 11.1. The number of anilines is 1. The van der Waals surface area contributed by atoms with E-state index in [1.165, 1.54) is 6.20 Å². The standard InChI is InChI=1S/C15H17N5O3/c1-9-12(20-3-2-15(6-20)7-23-8-15)4-11(19-18-9)10-5-16-14(22)17-13(10)21/h4-5H,2-3,6-8H2,1H3,(H2,16,17,21,22). The molecule has 8 heteroatoms. The van der Waals surface area contributed by atoms with Crippen LogP contribution in [-0.4, -0.2) is 46.5 Å². The molecule has 0 unspecified atom stereocenters. The number of hydrogen-bond acceptors (Lipinski definition) is 6. The van der Waals surface area contributed by atoms with E-state index in [-0.39, 0.29) is 5.41 Å². The highest BCUT2D eigenvalue weighted by Crippen LogP contribution is 2.40. The summed E-state index contributed by atoms with van der Waals surface area (Å²) in [6.45, 7) is 5.41. The Kier molecular flexibility index (Phi) is 3.08. The first kappa shape index (κ1) is 14.1. The molecule has 4 rings (SSSR count). The van der Waals surface area contributed by atoms with Gasteiger partial charge < -0.3 is 14.6 Å². The van der Waals surface area contributed by atoms with Crippen molar-refractivity contribution in [3.8, 4) is 11.3 Å². The van der Waals surface area contributed by atoms with Crippen LogP contribution in [-0.2, 0) is 4.74 Å². The number of aromatic amines is 2. The molecule has 4 heterocycles. The SMILES string of the molecule is Cc1nnc(-c2c[nH]c(=O)[nH]c2=O)cc1N1CCC2(COC2)C1. The number of aryl methyl sites for hydroxylation is 1. The smallest absolute Gasteiger partial charge is 0.325 e. The van der Waals surface area contributed by atoms with Gasteiger partial charge in [0.1, 0.15) is 5.69 Å². The Morgan fingerprint density at radius 3 is 2.78 bits per heavy atom. The molecule has 0 saturated carbocycles. The van der Waals surface area contributed by atoms with Crippen molar-refractivity contribution in [1.29, 1.82) is 0 Å². The number of rotatable bonds is 2. The molecule has 1 spiro atoms. The number of nitrogens with one attached hydrogen (secondary N) is 2. The lowest BCUT2D eigenvalue weighted by atomic mass is 9.85. The van der Waals surface area contributed by atoms with Gasteiger partial charge in [0.2, 0.25) is 0 Å². The molecule has 0 amide bonds. The van der Waals surface area contributed by atoms with Gasteiger partial charge >= 0.3 is 5.69 Å². The molecular weight excluding hydrogens is 298 g/mol. The summed E-state index contributed by atoms with van der Waals surface area (Å²) in [5, 5.41) is 8.29. The second-order valence-corrected chi connectivity index (χ2v) is 6.35. The first-order valence-electron chi connectivity index (χ1n) is 7.56. The molecule has 0 bridgehead atoms. The average molecular weight is 315 g/mol. The van der Waals surface area contributed by atoms with Crippen LogP contribution < -0.4 is 16.1 Å². The van der Waals surface area contributed by atoms with Crippen LogP contribution >= 0.6 is 0 Å². The average Bonchev–Trinajstić information content (AvgIpc) is 2.94. The van der Waals surface area contributed by atoms with Crippen LogP contribution in [0.1, 0.15) is 12.1 Å². The molecule has 8 nitrogen and oxygen atoms in total. The fourth-order valence-corrected chi connectivity index (χ4v) is 3.26. The van der Waals surface area contributed by atoms with Crippen molar-refractivity contribution in [2.24, 2.45) is 5.41 Å². The highest BCUT2D eigenvalue weighted by atomic mass is 16.5. The predicted molar refractivity (Wildman–Crippen MR) is 83.5 cm³/mol. The van der Waals surface area contributed by atoms with Gasteiger partial charge in [-0.05, 0) is 19.4 Å². The van der Waals surface area contributed by atoms with Gasteiger partial charge in [-0.1, -0.05) is 0 Å². The van der Waals surface area contributed by atoms with E-state index in [0.29, 0.717) is 11.3 Å². The third-order valence-electron chi connectivity index (χ3n) is 4.64. The second-order valence-electron chi connectivity index (χ2n) is 6.35. The largest absolute Gasteiger partial charge is 0.380 e. The summed E-state index contributed by atoms with van der Waals surface area (Å²) in [5.41, 5.74) is 1.82. The fourth-order valence-electron chi connectivity index (χ4n) is 3.26. The number of aromatic nitrogens is 4. The maximum absolute atomic E-state index is 11.9. The number of H-pyrrole nitrogens is 2. The minimum Gasteiger partial charge on any atom is -0.380 e. The van der Waals surface area contributed by atoms with Crippen LogP contribution in [0.25, 0.3) is 11.3 Å². The Labute approximate surface area is 131 Å². The highest BCUT2D eigenvalue weighted by Gasteiger charge is 2.44. The van der Waals surface area contributed by atoms with Crippen molar-refractivity contribution < 1.29 is 4.74 Å². The Hall–Kier alpha value is -2.48. The lowest BCUT2D eigenvalue weighted by Gasteiger charge is -2.38. The highest BCUT2D eigenvalue weighted by molar-refractivity contribution is 5.64. The third-order valence-corrected chi connectivity index (χ3v) is 4.64. The second kappa shape index (κ2) is 5.02. The van der Waals surface area contributed by atoms with Gasteiger partial charge in [-0.3, -0.25) is 9.78 Å². The molecule has 23 heavy (non-hydrogen) atoms. The molecule has 2 fully saturated rings. The van der Waals surface area contributed by atoms with Crippen LogP contribution in [0.2, 0.25) is 0 Å². The molecule has 2 aromatic rings. The van der Waals surface area contributed by atoms with E-state index < -0.39 is 11.2 Å². The third kappa shape index (κ3) is 2.35. The maximum Gasteiger partial charge on any atom is 0.325 e.